The molecule has 41 heavy (non-hydrogen) atoms. The number of carbonyl (C=O) groups excluding carboxylic acids is 1. The summed E-state index contributed by atoms with van der Waals surface area (Å²) in [7, 11) is 0. The van der Waals surface area contributed by atoms with E-state index in [9.17, 15) is 22.4 Å². The van der Waals surface area contributed by atoms with Gasteiger partial charge >= 0.3 is 6.55 Å². The zero-order chi connectivity index (χ0) is 29.3. The maximum absolute atomic E-state index is 13.7. The monoisotopic (exact) mass is 590 g/mol. The Balaban J connectivity index is 1.44. The highest BCUT2D eigenvalue weighted by Gasteiger charge is 2.39. The number of rotatable bonds is 10. The third-order valence-corrected chi connectivity index (χ3v) is 6.80. The summed E-state index contributed by atoms with van der Waals surface area (Å²) in [4.78, 5) is 23.0. The number of amides is 1. The van der Waals surface area contributed by atoms with Crippen molar-refractivity contribution in [3.05, 3.63) is 83.2 Å². The molecule has 2 aromatic carbocycles. The Labute approximate surface area is 236 Å². The van der Waals surface area contributed by atoms with Crippen molar-refractivity contribution in [3.63, 3.8) is 0 Å². The fraction of sp³-hybridized carbons (Fsp3) is 0.269. The molecular formula is C26H23ClF4N8O2. The Bertz CT molecular complexity index is 1570. The molecule has 10 nitrogen and oxygen atoms in total. The van der Waals surface area contributed by atoms with E-state index in [0.29, 0.717) is 33.5 Å². The summed E-state index contributed by atoms with van der Waals surface area (Å²) in [6, 6.07) is 9.58. The van der Waals surface area contributed by atoms with Crippen molar-refractivity contribution in [2.45, 2.75) is 32.0 Å². The van der Waals surface area contributed by atoms with Gasteiger partial charge in [-0.25, -0.2) is 28.1 Å². The summed E-state index contributed by atoms with van der Waals surface area (Å²) >= 11 is 6.33. The van der Waals surface area contributed by atoms with Crippen LogP contribution in [0.25, 0.3) is 16.8 Å². The Morgan fingerprint density at radius 2 is 1.83 bits per heavy atom. The number of halogens is 5. The highest BCUT2D eigenvalue weighted by molar-refractivity contribution is 6.32. The molecule has 0 aliphatic carbocycles. The molecule has 0 bridgehead atoms. The SMILES string of the molecule is CCOC[C@H](c1ccc(Cl)c(-n2ncnc2C(F)F)c1)N1C(=O)[C@@H](c2ccc(-c3cnn(C(F)F)c3)cc2)N=C1N. The first-order valence-electron chi connectivity index (χ1n) is 12.3. The van der Waals surface area contributed by atoms with Crippen LogP contribution in [0.5, 0.6) is 0 Å². The molecule has 2 N–H and O–H groups in total. The molecule has 214 valence electrons. The highest BCUT2D eigenvalue weighted by atomic mass is 35.5. The summed E-state index contributed by atoms with van der Waals surface area (Å²) in [6.45, 7) is -0.612. The van der Waals surface area contributed by atoms with E-state index in [0.717, 1.165) is 11.0 Å². The van der Waals surface area contributed by atoms with E-state index in [1.165, 1.54) is 29.4 Å². The van der Waals surface area contributed by atoms with E-state index in [2.05, 4.69) is 20.2 Å². The first-order valence-corrected chi connectivity index (χ1v) is 12.7. The first kappa shape index (κ1) is 28.2. The lowest BCUT2D eigenvalue weighted by Gasteiger charge is -2.28. The summed E-state index contributed by atoms with van der Waals surface area (Å²) in [6.07, 6.45) is 0.646. The molecule has 1 aliphatic heterocycles. The van der Waals surface area contributed by atoms with E-state index in [1.807, 2.05) is 0 Å². The number of nitrogens with zero attached hydrogens (tertiary/aromatic N) is 7. The van der Waals surface area contributed by atoms with Crippen LogP contribution < -0.4 is 5.73 Å². The van der Waals surface area contributed by atoms with Crippen LogP contribution >= 0.6 is 11.6 Å². The van der Waals surface area contributed by atoms with Crippen molar-refractivity contribution in [2.75, 3.05) is 13.2 Å². The molecule has 0 radical (unpaired) electrons. The molecule has 15 heteroatoms. The molecule has 5 rings (SSSR count). The van der Waals surface area contributed by atoms with E-state index in [-0.39, 0.29) is 23.3 Å². The number of benzene rings is 2. The average molecular weight is 591 g/mol. The molecule has 4 aromatic rings. The van der Waals surface area contributed by atoms with Gasteiger partial charge in [0.25, 0.3) is 12.3 Å². The predicted molar refractivity (Wildman–Crippen MR) is 141 cm³/mol. The third kappa shape index (κ3) is 5.52. The third-order valence-electron chi connectivity index (χ3n) is 6.48. The highest BCUT2D eigenvalue weighted by Crippen LogP contribution is 2.35. The number of alkyl halides is 4. The molecule has 0 saturated heterocycles. The summed E-state index contributed by atoms with van der Waals surface area (Å²) in [5, 5.41) is 7.67. The number of hydrogen-bond acceptors (Lipinski definition) is 7. The maximum atomic E-state index is 13.7. The number of nitrogens with two attached hydrogens (primary N) is 1. The van der Waals surface area contributed by atoms with Gasteiger partial charge < -0.3 is 10.5 Å². The van der Waals surface area contributed by atoms with E-state index in [1.54, 1.807) is 37.3 Å². The quantitative estimate of drug-likeness (QED) is 0.257. The molecule has 0 fully saturated rings. The maximum Gasteiger partial charge on any atom is 0.333 e. The number of aliphatic imine (C=N–C) groups is 1. The minimum atomic E-state index is -2.90. The van der Waals surface area contributed by atoms with Crippen molar-refractivity contribution < 1.29 is 27.1 Å². The number of carbonyl (C=O) groups is 1. The number of aromatic nitrogens is 5. The Hall–Kier alpha value is -4.30. The van der Waals surface area contributed by atoms with Crippen LogP contribution in [0.1, 0.15) is 48.9 Å². The molecule has 0 spiro atoms. The van der Waals surface area contributed by atoms with Crippen LogP contribution in [0.15, 0.2) is 66.2 Å². The zero-order valence-electron chi connectivity index (χ0n) is 21.4. The van der Waals surface area contributed by atoms with Gasteiger partial charge in [-0.3, -0.25) is 9.69 Å². The Morgan fingerprint density at radius 3 is 2.49 bits per heavy atom. The number of ether oxygens (including phenoxy) is 1. The number of hydrogen-bond donors (Lipinski definition) is 1. The first-order chi connectivity index (χ1) is 19.7. The number of guanidine groups is 1. The molecule has 1 aliphatic rings. The van der Waals surface area contributed by atoms with Crippen molar-refractivity contribution in [1.29, 1.82) is 0 Å². The zero-order valence-corrected chi connectivity index (χ0v) is 22.2. The topological polar surface area (TPSA) is 116 Å². The smallest absolute Gasteiger partial charge is 0.333 e. The molecule has 3 heterocycles. The fourth-order valence-electron chi connectivity index (χ4n) is 4.51. The van der Waals surface area contributed by atoms with Crippen LogP contribution in [0, 0.1) is 0 Å². The van der Waals surface area contributed by atoms with Crippen molar-refractivity contribution in [2.24, 2.45) is 10.7 Å². The van der Waals surface area contributed by atoms with Crippen molar-refractivity contribution in [1.82, 2.24) is 29.4 Å². The van der Waals surface area contributed by atoms with Gasteiger partial charge in [0.1, 0.15) is 6.33 Å². The van der Waals surface area contributed by atoms with Gasteiger partial charge in [0, 0.05) is 18.4 Å². The minimum absolute atomic E-state index is 0.0262. The van der Waals surface area contributed by atoms with Gasteiger partial charge in [0.05, 0.1) is 29.6 Å². The lowest BCUT2D eigenvalue weighted by Crippen LogP contribution is -2.42. The van der Waals surface area contributed by atoms with Crippen LogP contribution in [-0.4, -0.2) is 54.5 Å². The van der Waals surface area contributed by atoms with E-state index >= 15 is 0 Å². The fourth-order valence-corrected chi connectivity index (χ4v) is 4.71. The van der Waals surface area contributed by atoms with Crippen molar-refractivity contribution >= 4 is 23.5 Å². The van der Waals surface area contributed by atoms with Gasteiger partial charge in [-0.15, -0.1) is 0 Å². The lowest BCUT2D eigenvalue weighted by atomic mass is 10.0. The average Bonchev–Trinajstić information content (AvgIpc) is 3.70. The Kier molecular flexibility index (Phi) is 8.03. The molecule has 0 unspecified atom stereocenters. The van der Waals surface area contributed by atoms with E-state index < -0.39 is 36.8 Å². The van der Waals surface area contributed by atoms with Gasteiger partial charge in [-0.2, -0.15) is 19.0 Å². The van der Waals surface area contributed by atoms with Crippen LogP contribution in [0.2, 0.25) is 5.02 Å². The molecule has 0 saturated carbocycles. The normalized spacial score (nSPS) is 16.2. The van der Waals surface area contributed by atoms with Gasteiger partial charge in [-0.1, -0.05) is 41.9 Å². The summed E-state index contributed by atoms with van der Waals surface area (Å²) in [5.41, 5.74) is 8.52. The van der Waals surface area contributed by atoms with Gasteiger partial charge in [0.2, 0.25) is 0 Å². The molecular weight excluding hydrogens is 568 g/mol. The summed E-state index contributed by atoms with van der Waals surface area (Å²) < 4.78 is 59.9. The van der Waals surface area contributed by atoms with Crippen LogP contribution in [0.4, 0.5) is 17.6 Å². The molecule has 2 aromatic heterocycles. The van der Waals surface area contributed by atoms with E-state index in [4.69, 9.17) is 22.1 Å². The van der Waals surface area contributed by atoms with Crippen LogP contribution in [0.3, 0.4) is 0 Å². The second-order valence-electron chi connectivity index (χ2n) is 8.92. The minimum Gasteiger partial charge on any atom is -0.379 e. The molecule has 2 atom stereocenters. The van der Waals surface area contributed by atoms with Crippen LogP contribution in [-0.2, 0) is 9.53 Å². The molecule has 1 amide bonds. The van der Waals surface area contributed by atoms with Gasteiger partial charge in [-0.05, 0) is 35.7 Å². The summed E-state index contributed by atoms with van der Waals surface area (Å²) in [5.74, 6) is -1.08. The second kappa shape index (κ2) is 11.7. The lowest BCUT2D eigenvalue weighted by molar-refractivity contribution is -0.130. The largest absolute Gasteiger partial charge is 0.379 e. The predicted octanol–water partition coefficient (Wildman–Crippen LogP) is 5.09. The standard InChI is InChI=1S/C26H23ClF4N8O2/c1-2-41-12-20(16-7-8-18(27)19(9-16)39-23(22(28)29)33-13-35-39)38-24(40)21(36-26(38)32)15-5-3-14(4-6-15)17-10-34-37(11-17)25(30)31/h3-11,13,20-22,25H,2,12H2,1H3,(H2,32,36)/t20-,21-/m1/s1. The Morgan fingerprint density at radius 1 is 1.07 bits per heavy atom. The second-order valence-corrected chi connectivity index (χ2v) is 9.33. The van der Waals surface area contributed by atoms with Crippen molar-refractivity contribution in [3.8, 4) is 16.8 Å². The van der Waals surface area contributed by atoms with Gasteiger partial charge in [0.15, 0.2) is 17.8 Å².